The van der Waals surface area contributed by atoms with Crippen molar-refractivity contribution < 1.29 is 19.4 Å². The molecular formula is C12H13N3O4S. The molecule has 0 saturated carbocycles. The lowest BCUT2D eigenvalue weighted by Crippen LogP contribution is -2.49. The molecule has 1 saturated heterocycles. The van der Waals surface area contributed by atoms with Gasteiger partial charge in [-0.25, -0.2) is 9.78 Å². The molecule has 2 aromatic rings. The summed E-state index contributed by atoms with van der Waals surface area (Å²) in [5.41, 5.74) is 0.867. The Balaban J connectivity index is 1.70. The molecule has 1 aliphatic heterocycles. The Morgan fingerprint density at radius 2 is 2.40 bits per heavy atom. The van der Waals surface area contributed by atoms with Crippen LogP contribution in [0.2, 0.25) is 0 Å². The first-order valence-electron chi connectivity index (χ1n) is 6.17. The fourth-order valence-corrected chi connectivity index (χ4v) is 3.04. The van der Waals surface area contributed by atoms with Crippen molar-refractivity contribution in [1.29, 1.82) is 0 Å². The van der Waals surface area contributed by atoms with Gasteiger partial charge in [0.2, 0.25) is 5.91 Å². The Bertz CT molecular complexity index is 650. The van der Waals surface area contributed by atoms with Gasteiger partial charge in [-0.1, -0.05) is 0 Å². The molecule has 7 nitrogen and oxygen atoms in total. The van der Waals surface area contributed by atoms with Crippen LogP contribution >= 0.6 is 11.3 Å². The van der Waals surface area contributed by atoms with E-state index < -0.39 is 12.1 Å². The van der Waals surface area contributed by atoms with Crippen LogP contribution in [0.5, 0.6) is 0 Å². The molecule has 1 aliphatic rings. The van der Waals surface area contributed by atoms with Crippen LogP contribution in [0.3, 0.4) is 0 Å². The summed E-state index contributed by atoms with van der Waals surface area (Å²) in [6.07, 6.45) is 2.81. The highest BCUT2D eigenvalue weighted by molar-refractivity contribution is 7.15. The smallest absolute Gasteiger partial charge is 0.334 e. The number of nitrogens with zero attached hydrogens (tertiary/aromatic N) is 3. The van der Waals surface area contributed by atoms with E-state index in [1.807, 2.05) is 16.0 Å². The minimum atomic E-state index is -1.03. The van der Waals surface area contributed by atoms with Crippen molar-refractivity contribution in [1.82, 2.24) is 14.3 Å². The number of amides is 1. The van der Waals surface area contributed by atoms with Crippen molar-refractivity contribution in [2.24, 2.45) is 0 Å². The van der Waals surface area contributed by atoms with E-state index in [1.165, 1.54) is 11.3 Å². The molecular weight excluding hydrogens is 282 g/mol. The maximum atomic E-state index is 12.2. The van der Waals surface area contributed by atoms with Crippen LogP contribution in [-0.2, 0) is 20.7 Å². The SMILES string of the molecule is O=C(O)C1CN(C(=O)Cc2csc3nccn23)CCO1. The van der Waals surface area contributed by atoms with E-state index in [0.29, 0.717) is 6.54 Å². The molecule has 2 aromatic heterocycles. The number of aromatic nitrogens is 2. The number of morpholine rings is 1. The molecule has 1 N–H and O–H groups in total. The van der Waals surface area contributed by atoms with Gasteiger partial charge in [-0.15, -0.1) is 11.3 Å². The summed E-state index contributed by atoms with van der Waals surface area (Å²) in [7, 11) is 0. The molecule has 106 valence electrons. The van der Waals surface area contributed by atoms with E-state index in [4.69, 9.17) is 9.84 Å². The monoisotopic (exact) mass is 295 g/mol. The van der Waals surface area contributed by atoms with E-state index in [2.05, 4.69) is 4.98 Å². The number of carboxylic acids is 1. The maximum absolute atomic E-state index is 12.2. The van der Waals surface area contributed by atoms with Gasteiger partial charge in [0.1, 0.15) is 0 Å². The number of ether oxygens (including phenoxy) is 1. The van der Waals surface area contributed by atoms with Gasteiger partial charge in [0.15, 0.2) is 11.1 Å². The Morgan fingerprint density at radius 1 is 1.55 bits per heavy atom. The number of hydrogen-bond acceptors (Lipinski definition) is 5. The number of imidazole rings is 1. The van der Waals surface area contributed by atoms with Crippen LogP contribution in [0, 0.1) is 0 Å². The number of aliphatic carboxylic acids is 1. The molecule has 0 aliphatic carbocycles. The Morgan fingerprint density at radius 3 is 3.20 bits per heavy atom. The normalized spacial score (nSPS) is 19.4. The highest BCUT2D eigenvalue weighted by Gasteiger charge is 2.29. The Kier molecular flexibility index (Phi) is 3.41. The standard InChI is InChI=1S/C12H13N3O4S/c16-10(14-3-4-19-9(6-14)11(17)18)5-8-7-20-12-13-1-2-15(8)12/h1-2,7,9H,3-6H2,(H,17,18). The second-order valence-electron chi connectivity index (χ2n) is 4.52. The van der Waals surface area contributed by atoms with Crippen molar-refractivity contribution in [3.8, 4) is 0 Å². The molecule has 1 fully saturated rings. The van der Waals surface area contributed by atoms with Crippen LogP contribution < -0.4 is 0 Å². The third kappa shape index (κ3) is 2.39. The number of carbonyl (C=O) groups excluding carboxylic acids is 1. The number of fused-ring (bicyclic) bond motifs is 1. The van der Waals surface area contributed by atoms with E-state index in [-0.39, 0.29) is 25.5 Å². The summed E-state index contributed by atoms with van der Waals surface area (Å²) in [4.78, 5) is 29.7. The molecule has 1 amide bonds. The predicted molar refractivity (Wildman–Crippen MR) is 70.7 cm³/mol. The second-order valence-corrected chi connectivity index (χ2v) is 5.36. The molecule has 0 aromatic carbocycles. The Labute approximate surface area is 118 Å². The minimum Gasteiger partial charge on any atom is -0.479 e. The van der Waals surface area contributed by atoms with Crippen molar-refractivity contribution in [2.75, 3.05) is 19.7 Å². The average molecular weight is 295 g/mol. The number of hydrogen-bond donors (Lipinski definition) is 1. The van der Waals surface area contributed by atoms with Gasteiger partial charge < -0.3 is 14.7 Å². The molecule has 3 rings (SSSR count). The molecule has 1 unspecified atom stereocenters. The first-order chi connectivity index (χ1) is 9.65. The summed E-state index contributed by atoms with van der Waals surface area (Å²) >= 11 is 1.48. The summed E-state index contributed by atoms with van der Waals surface area (Å²) in [6.45, 7) is 0.790. The van der Waals surface area contributed by atoms with Gasteiger partial charge in [-0.05, 0) is 0 Å². The van der Waals surface area contributed by atoms with Crippen molar-refractivity contribution in [3.05, 3.63) is 23.5 Å². The van der Waals surface area contributed by atoms with Gasteiger partial charge in [0.05, 0.1) is 19.6 Å². The van der Waals surface area contributed by atoms with Gasteiger partial charge in [-0.2, -0.15) is 0 Å². The van der Waals surface area contributed by atoms with E-state index in [9.17, 15) is 9.59 Å². The minimum absolute atomic E-state index is 0.0899. The van der Waals surface area contributed by atoms with Crippen molar-refractivity contribution in [2.45, 2.75) is 12.5 Å². The van der Waals surface area contributed by atoms with Crippen LogP contribution in [0.25, 0.3) is 4.96 Å². The fraction of sp³-hybridized carbons (Fsp3) is 0.417. The van der Waals surface area contributed by atoms with Crippen LogP contribution in [-0.4, -0.2) is 57.1 Å². The van der Waals surface area contributed by atoms with E-state index >= 15 is 0 Å². The van der Waals surface area contributed by atoms with Gasteiger partial charge in [0, 0.05) is 30.0 Å². The van der Waals surface area contributed by atoms with Gasteiger partial charge in [-0.3, -0.25) is 9.20 Å². The molecule has 1 atom stereocenters. The van der Waals surface area contributed by atoms with Crippen molar-refractivity contribution in [3.63, 3.8) is 0 Å². The van der Waals surface area contributed by atoms with Crippen LogP contribution in [0.15, 0.2) is 17.8 Å². The first-order valence-corrected chi connectivity index (χ1v) is 7.05. The summed E-state index contributed by atoms with van der Waals surface area (Å²) in [6, 6.07) is 0. The number of rotatable bonds is 3. The van der Waals surface area contributed by atoms with Crippen LogP contribution in [0.1, 0.15) is 5.69 Å². The third-order valence-corrected chi connectivity index (χ3v) is 4.15. The summed E-state index contributed by atoms with van der Waals surface area (Å²) < 4.78 is 6.98. The van der Waals surface area contributed by atoms with Crippen LogP contribution in [0.4, 0.5) is 0 Å². The zero-order chi connectivity index (χ0) is 14.1. The number of carbonyl (C=O) groups is 2. The molecule has 0 bridgehead atoms. The zero-order valence-electron chi connectivity index (χ0n) is 10.6. The average Bonchev–Trinajstić information content (AvgIpc) is 3.04. The van der Waals surface area contributed by atoms with E-state index in [1.54, 1.807) is 11.1 Å². The predicted octanol–water partition coefficient (Wildman–Crippen LogP) is 0.250. The summed E-state index contributed by atoms with van der Waals surface area (Å²) in [5.74, 6) is -1.12. The lowest BCUT2D eigenvalue weighted by atomic mass is 10.2. The van der Waals surface area contributed by atoms with Gasteiger partial charge in [0.25, 0.3) is 0 Å². The third-order valence-electron chi connectivity index (χ3n) is 3.24. The molecule has 8 heteroatoms. The Hall–Kier alpha value is -1.93. The van der Waals surface area contributed by atoms with Gasteiger partial charge >= 0.3 is 5.97 Å². The molecule has 3 heterocycles. The molecule has 0 spiro atoms. The number of carboxylic acid groups (broad SMARTS) is 1. The maximum Gasteiger partial charge on any atom is 0.334 e. The molecule has 20 heavy (non-hydrogen) atoms. The highest BCUT2D eigenvalue weighted by Crippen LogP contribution is 2.16. The number of thiazole rings is 1. The topological polar surface area (TPSA) is 84.1 Å². The first kappa shape index (κ1) is 13.1. The lowest BCUT2D eigenvalue weighted by molar-refractivity contribution is -0.159. The van der Waals surface area contributed by atoms with E-state index in [0.717, 1.165) is 10.7 Å². The highest BCUT2D eigenvalue weighted by atomic mass is 32.1. The quantitative estimate of drug-likeness (QED) is 0.877. The molecule has 0 radical (unpaired) electrons. The largest absolute Gasteiger partial charge is 0.479 e. The second kappa shape index (κ2) is 5.22. The fourth-order valence-electron chi connectivity index (χ4n) is 2.19. The van der Waals surface area contributed by atoms with Crippen molar-refractivity contribution >= 4 is 28.2 Å². The zero-order valence-corrected chi connectivity index (χ0v) is 11.4. The summed E-state index contributed by atoms with van der Waals surface area (Å²) in [5, 5.41) is 10.8. The lowest BCUT2D eigenvalue weighted by Gasteiger charge is -2.30.